The maximum Gasteiger partial charge on any atom is 0.416 e. The second-order valence-corrected chi connectivity index (χ2v) is 6.26. The number of nitrogens with one attached hydrogen (secondary N) is 2. The van der Waals surface area contributed by atoms with Gasteiger partial charge in [0.25, 0.3) is 0 Å². The Balaban J connectivity index is 1.57. The Morgan fingerprint density at radius 2 is 1.58 bits per heavy atom. The van der Waals surface area contributed by atoms with E-state index in [2.05, 4.69) is 10.6 Å². The average Bonchev–Trinajstić information content (AvgIpc) is 3.41. The van der Waals surface area contributed by atoms with Gasteiger partial charge < -0.3 is 10.6 Å². The van der Waals surface area contributed by atoms with Crippen molar-refractivity contribution in [2.45, 2.75) is 25.4 Å². The molecule has 1 aliphatic rings. The van der Waals surface area contributed by atoms with Crippen molar-refractivity contribution in [3.63, 3.8) is 0 Å². The molecule has 1 saturated carbocycles. The number of alkyl halides is 3. The van der Waals surface area contributed by atoms with Gasteiger partial charge in [-0.2, -0.15) is 13.2 Å². The van der Waals surface area contributed by atoms with Crippen LogP contribution in [0.15, 0.2) is 48.5 Å². The molecule has 7 heteroatoms. The molecule has 26 heavy (non-hydrogen) atoms. The van der Waals surface area contributed by atoms with Gasteiger partial charge in [-0.1, -0.05) is 18.2 Å². The van der Waals surface area contributed by atoms with E-state index in [1.54, 1.807) is 24.3 Å². The highest BCUT2D eigenvalue weighted by molar-refractivity contribution is 5.95. The summed E-state index contributed by atoms with van der Waals surface area (Å²) in [5.74, 6) is -0.327. The molecule has 0 spiro atoms. The van der Waals surface area contributed by atoms with Crippen molar-refractivity contribution in [2.75, 3.05) is 10.6 Å². The van der Waals surface area contributed by atoms with Crippen LogP contribution in [-0.2, 0) is 22.2 Å². The Labute approximate surface area is 148 Å². The third-order valence-corrected chi connectivity index (χ3v) is 4.00. The highest BCUT2D eigenvalue weighted by Crippen LogP contribution is 2.31. The Morgan fingerprint density at radius 3 is 2.15 bits per heavy atom. The minimum atomic E-state index is -4.44. The molecular weight excluding hydrogens is 345 g/mol. The first-order valence-corrected chi connectivity index (χ1v) is 8.18. The lowest BCUT2D eigenvalue weighted by Gasteiger charge is -2.10. The fourth-order valence-corrected chi connectivity index (χ4v) is 2.47. The summed E-state index contributed by atoms with van der Waals surface area (Å²) in [4.78, 5) is 23.7. The average molecular weight is 362 g/mol. The molecule has 136 valence electrons. The highest BCUT2D eigenvalue weighted by atomic mass is 19.4. The van der Waals surface area contributed by atoms with E-state index in [0.29, 0.717) is 11.4 Å². The van der Waals surface area contributed by atoms with Gasteiger partial charge in [0.2, 0.25) is 11.8 Å². The molecular formula is C19H17F3N2O2. The zero-order valence-electron chi connectivity index (χ0n) is 13.8. The molecule has 4 nitrogen and oxygen atoms in total. The third kappa shape index (κ3) is 4.84. The first-order chi connectivity index (χ1) is 12.3. The van der Waals surface area contributed by atoms with Crippen molar-refractivity contribution in [1.29, 1.82) is 0 Å². The SMILES string of the molecule is O=C(Cc1cccc(C(F)(F)F)c1)Nc1ccc(NC(=O)C2CC2)cc1. The van der Waals surface area contributed by atoms with Gasteiger partial charge in [0.15, 0.2) is 0 Å². The lowest BCUT2D eigenvalue weighted by Crippen LogP contribution is -2.15. The number of hydrogen-bond donors (Lipinski definition) is 2. The van der Waals surface area contributed by atoms with Gasteiger partial charge in [0, 0.05) is 17.3 Å². The number of amides is 2. The first-order valence-electron chi connectivity index (χ1n) is 8.18. The molecule has 0 atom stereocenters. The molecule has 0 aliphatic heterocycles. The zero-order chi connectivity index (χ0) is 18.7. The van der Waals surface area contributed by atoms with Crippen LogP contribution >= 0.6 is 0 Å². The molecule has 3 rings (SSSR count). The van der Waals surface area contributed by atoms with Crippen LogP contribution in [0.2, 0.25) is 0 Å². The summed E-state index contributed by atoms with van der Waals surface area (Å²) < 4.78 is 38.1. The summed E-state index contributed by atoms with van der Waals surface area (Å²) in [6.07, 6.45) is -2.78. The van der Waals surface area contributed by atoms with Crippen LogP contribution in [0.25, 0.3) is 0 Å². The maximum atomic E-state index is 12.7. The maximum absolute atomic E-state index is 12.7. The summed E-state index contributed by atoms with van der Waals surface area (Å²) in [6.45, 7) is 0. The molecule has 2 aromatic carbocycles. The quantitative estimate of drug-likeness (QED) is 0.836. The molecule has 0 heterocycles. The van der Waals surface area contributed by atoms with Gasteiger partial charge >= 0.3 is 6.18 Å². The molecule has 2 aromatic rings. The minimum absolute atomic E-state index is 0.00803. The Bertz CT molecular complexity index is 812. The smallest absolute Gasteiger partial charge is 0.326 e. The van der Waals surface area contributed by atoms with E-state index in [9.17, 15) is 22.8 Å². The predicted molar refractivity (Wildman–Crippen MR) is 91.6 cm³/mol. The number of hydrogen-bond acceptors (Lipinski definition) is 2. The second-order valence-electron chi connectivity index (χ2n) is 6.26. The molecule has 0 saturated heterocycles. The van der Waals surface area contributed by atoms with Crippen molar-refractivity contribution >= 4 is 23.2 Å². The van der Waals surface area contributed by atoms with Crippen LogP contribution in [0, 0.1) is 5.92 Å². The van der Waals surface area contributed by atoms with Crippen LogP contribution in [0.1, 0.15) is 24.0 Å². The lowest BCUT2D eigenvalue weighted by molar-refractivity contribution is -0.137. The number of benzene rings is 2. The van der Waals surface area contributed by atoms with E-state index in [1.807, 2.05) is 0 Å². The number of carbonyl (C=O) groups excluding carboxylic acids is 2. The van der Waals surface area contributed by atoms with Crippen LogP contribution in [0.3, 0.4) is 0 Å². The summed E-state index contributed by atoms with van der Waals surface area (Å²) in [6, 6.07) is 11.3. The van der Waals surface area contributed by atoms with Crippen molar-refractivity contribution in [1.82, 2.24) is 0 Å². The highest BCUT2D eigenvalue weighted by Gasteiger charge is 2.30. The molecule has 0 radical (unpaired) electrons. The normalized spacial score (nSPS) is 14.0. The molecule has 2 N–H and O–H groups in total. The minimum Gasteiger partial charge on any atom is -0.326 e. The van der Waals surface area contributed by atoms with E-state index >= 15 is 0 Å². The van der Waals surface area contributed by atoms with Gasteiger partial charge in [0.1, 0.15) is 0 Å². The Morgan fingerprint density at radius 1 is 0.962 bits per heavy atom. The van der Waals surface area contributed by atoms with Crippen molar-refractivity contribution in [3.05, 3.63) is 59.7 Å². The predicted octanol–water partition coefficient (Wildman–Crippen LogP) is 4.24. The molecule has 1 aliphatic carbocycles. The van der Waals surface area contributed by atoms with Crippen molar-refractivity contribution in [2.24, 2.45) is 5.92 Å². The summed E-state index contributed by atoms with van der Waals surface area (Å²) >= 11 is 0. The fourth-order valence-electron chi connectivity index (χ4n) is 2.47. The molecule has 0 bridgehead atoms. The molecule has 1 fully saturated rings. The zero-order valence-corrected chi connectivity index (χ0v) is 13.8. The summed E-state index contributed by atoms with van der Waals surface area (Å²) in [7, 11) is 0. The Hall–Kier alpha value is -2.83. The number of anilines is 2. The fraction of sp³-hybridized carbons (Fsp3) is 0.263. The van der Waals surface area contributed by atoms with E-state index < -0.39 is 17.6 Å². The number of rotatable bonds is 5. The standard InChI is InChI=1S/C19H17F3N2O2/c20-19(21,22)14-3-1-2-12(10-14)11-17(25)23-15-6-8-16(9-7-15)24-18(26)13-4-5-13/h1-3,6-10,13H,4-5,11H2,(H,23,25)(H,24,26). The molecule has 0 unspecified atom stereocenters. The van der Waals surface area contributed by atoms with E-state index in [4.69, 9.17) is 0 Å². The molecule has 0 aromatic heterocycles. The van der Waals surface area contributed by atoms with Crippen molar-refractivity contribution in [3.8, 4) is 0 Å². The van der Waals surface area contributed by atoms with Crippen LogP contribution in [0.4, 0.5) is 24.5 Å². The summed E-state index contributed by atoms with van der Waals surface area (Å²) in [5, 5.41) is 5.42. The van der Waals surface area contributed by atoms with E-state index in [-0.39, 0.29) is 23.8 Å². The lowest BCUT2D eigenvalue weighted by atomic mass is 10.1. The van der Waals surface area contributed by atoms with E-state index in [0.717, 1.165) is 25.0 Å². The van der Waals surface area contributed by atoms with Gasteiger partial charge in [-0.3, -0.25) is 9.59 Å². The second kappa shape index (κ2) is 7.19. The van der Waals surface area contributed by atoms with Gasteiger partial charge in [-0.25, -0.2) is 0 Å². The van der Waals surface area contributed by atoms with E-state index in [1.165, 1.54) is 12.1 Å². The van der Waals surface area contributed by atoms with Crippen LogP contribution in [-0.4, -0.2) is 11.8 Å². The van der Waals surface area contributed by atoms with Crippen molar-refractivity contribution < 1.29 is 22.8 Å². The Kier molecular flexibility index (Phi) is 4.97. The summed E-state index contributed by atoms with van der Waals surface area (Å²) in [5.41, 5.74) is 0.647. The van der Waals surface area contributed by atoms with Crippen LogP contribution < -0.4 is 10.6 Å². The topological polar surface area (TPSA) is 58.2 Å². The van der Waals surface area contributed by atoms with Gasteiger partial charge in [0.05, 0.1) is 12.0 Å². The van der Waals surface area contributed by atoms with Crippen LogP contribution in [0.5, 0.6) is 0 Å². The van der Waals surface area contributed by atoms with Gasteiger partial charge in [-0.05, 0) is 48.7 Å². The monoisotopic (exact) mass is 362 g/mol. The largest absolute Gasteiger partial charge is 0.416 e. The third-order valence-electron chi connectivity index (χ3n) is 4.00. The number of carbonyl (C=O) groups is 2. The first kappa shape index (κ1) is 18.0. The molecule has 2 amide bonds. The van der Waals surface area contributed by atoms with Gasteiger partial charge in [-0.15, -0.1) is 0 Å². The number of halogens is 3.